The molecule has 4 N–H and O–H groups in total. The second-order valence-electron chi connectivity index (χ2n) is 5.92. The van der Waals surface area contributed by atoms with E-state index in [1.165, 1.54) is 13.1 Å². The molecule has 0 heterocycles. The molecule has 1 aromatic carbocycles. The summed E-state index contributed by atoms with van der Waals surface area (Å²) < 4.78 is 50.2. The van der Waals surface area contributed by atoms with Crippen molar-refractivity contribution in [2.75, 3.05) is 18.1 Å². The first kappa shape index (κ1) is 19.1. The van der Waals surface area contributed by atoms with Crippen LogP contribution in [0.15, 0.2) is 18.2 Å². The van der Waals surface area contributed by atoms with E-state index in [4.69, 9.17) is 11.1 Å². The fraction of sp³-hybridized carbons (Fsp3) is 0.467. The van der Waals surface area contributed by atoms with Crippen molar-refractivity contribution in [3.05, 3.63) is 29.3 Å². The molecule has 0 aliphatic heterocycles. The molecule has 1 amide bonds. The number of nitrogens with one attached hydrogen (secondary N) is 2. The van der Waals surface area contributed by atoms with Crippen LogP contribution in [-0.4, -0.2) is 43.8 Å². The van der Waals surface area contributed by atoms with Crippen molar-refractivity contribution in [2.45, 2.75) is 31.6 Å². The molecule has 0 radical (unpaired) electrons. The van der Waals surface area contributed by atoms with Gasteiger partial charge < -0.3 is 11.1 Å². The predicted octanol–water partition coefficient (Wildman–Crippen LogP) is 1.47. The number of hydrogen-bond acceptors (Lipinski definition) is 4. The number of amides is 1. The van der Waals surface area contributed by atoms with E-state index in [9.17, 15) is 22.0 Å². The summed E-state index contributed by atoms with van der Waals surface area (Å²) in [6, 6.07) is 4.78. The Kier molecular flexibility index (Phi) is 5.61. The zero-order valence-corrected chi connectivity index (χ0v) is 14.4. The molecule has 25 heavy (non-hydrogen) atoms. The first-order valence-corrected chi connectivity index (χ1v) is 9.25. The van der Waals surface area contributed by atoms with E-state index in [2.05, 4.69) is 5.32 Å². The number of nitrogens with zero attached hydrogens (tertiary/aromatic N) is 1. The molecule has 10 heteroatoms. The van der Waals surface area contributed by atoms with Crippen LogP contribution in [0.25, 0.3) is 0 Å². The molecule has 1 atom stereocenters. The van der Waals surface area contributed by atoms with Gasteiger partial charge in [-0.25, -0.2) is 12.7 Å². The molecular weight excluding hydrogens is 354 g/mol. The normalized spacial score (nSPS) is 17.0. The van der Waals surface area contributed by atoms with Crippen LogP contribution in [0.1, 0.15) is 29.9 Å². The van der Waals surface area contributed by atoms with Crippen molar-refractivity contribution < 1.29 is 22.0 Å². The number of sulfonamides is 1. The maximum atomic E-state index is 12.4. The summed E-state index contributed by atoms with van der Waals surface area (Å²) >= 11 is 0. The van der Waals surface area contributed by atoms with Crippen molar-refractivity contribution in [3.63, 3.8) is 0 Å². The topological polar surface area (TPSA) is 116 Å². The molecule has 0 spiro atoms. The molecule has 0 bridgehead atoms. The van der Waals surface area contributed by atoms with Crippen LogP contribution >= 0.6 is 0 Å². The van der Waals surface area contributed by atoms with Gasteiger partial charge in [0, 0.05) is 12.7 Å². The molecule has 1 aliphatic rings. The highest BCUT2D eigenvalue weighted by Gasteiger charge is 2.29. The van der Waals surface area contributed by atoms with Crippen molar-refractivity contribution in [2.24, 2.45) is 5.73 Å². The van der Waals surface area contributed by atoms with Crippen LogP contribution in [0.2, 0.25) is 0 Å². The standard InChI is InChI=1S/C15H20F2N4O3S/c1-21(15(18)19)25(23,24)8-10-4-2-3-9-5-6-11(7-12(9)10)20-14(22)13(16)17/h5-7,10,13H,2-4,8H2,1H3,(H3,18,19)(H,20,22). The third kappa shape index (κ3) is 4.44. The van der Waals surface area contributed by atoms with E-state index in [-0.39, 0.29) is 17.4 Å². The number of guanidine groups is 1. The Hall–Kier alpha value is -2.23. The van der Waals surface area contributed by atoms with Crippen molar-refractivity contribution in [1.29, 1.82) is 5.41 Å². The van der Waals surface area contributed by atoms with E-state index in [0.29, 0.717) is 16.3 Å². The van der Waals surface area contributed by atoms with Crippen molar-refractivity contribution in [1.82, 2.24) is 4.31 Å². The highest BCUT2D eigenvalue weighted by molar-refractivity contribution is 7.89. The van der Waals surface area contributed by atoms with Gasteiger partial charge in [0.15, 0.2) is 0 Å². The van der Waals surface area contributed by atoms with Crippen molar-refractivity contribution in [3.8, 4) is 0 Å². The van der Waals surface area contributed by atoms with E-state index >= 15 is 0 Å². The zero-order valence-electron chi connectivity index (χ0n) is 13.6. The first-order chi connectivity index (χ1) is 11.6. The van der Waals surface area contributed by atoms with Gasteiger partial charge in [-0.3, -0.25) is 10.2 Å². The van der Waals surface area contributed by atoms with Gasteiger partial charge in [-0.1, -0.05) is 6.07 Å². The predicted molar refractivity (Wildman–Crippen MR) is 90.2 cm³/mol. The van der Waals surface area contributed by atoms with E-state index in [0.717, 1.165) is 18.4 Å². The van der Waals surface area contributed by atoms with Gasteiger partial charge in [-0.15, -0.1) is 0 Å². The number of anilines is 1. The average molecular weight is 374 g/mol. The van der Waals surface area contributed by atoms with E-state index in [1.807, 2.05) is 0 Å². The van der Waals surface area contributed by atoms with Gasteiger partial charge in [0.25, 0.3) is 5.91 Å². The summed E-state index contributed by atoms with van der Waals surface area (Å²) in [5.41, 5.74) is 7.07. The number of alkyl halides is 2. The average Bonchev–Trinajstić information content (AvgIpc) is 2.54. The van der Waals surface area contributed by atoms with Crippen LogP contribution in [0.5, 0.6) is 0 Å². The van der Waals surface area contributed by atoms with Gasteiger partial charge in [-0.2, -0.15) is 8.78 Å². The van der Waals surface area contributed by atoms with Crippen LogP contribution in [0.3, 0.4) is 0 Å². The number of benzene rings is 1. The number of aryl methyl sites for hydroxylation is 1. The number of carbonyl (C=O) groups excluding carboxylic acids is 1. The quantitative estimate of drug-likeness (QED) is 0.534. The van der Waals surface area contributed by atoms with Crippen LogP contribution < -0.4 is 11.1 Å². The van der Waals surface area contributed by atoms with E-state index < -0.39 is 28.3 Å². The second kappa shape index (κ2) is 7.34. The third-order valence-corrected chi connectivity index (χ3v) is 6.07. The molecule has 0 saturated heterocycles. The molecule has 0 fully saturated rings. The lowest BCUT2D eigenvalue weighted by Gasteiger charge is -2.28. The molecule has 1 aromatic rings. The number of carbonyl (C=O) groups is 1. The SMILES string of the molecule is CN(C(=N)N)S(=O)(=O)CC1CCCc2ccc(NC(=O)C(F)F)cc21. The second-order valence-corrected chi connectivity index (χ2v) is 7.97. The lowest BCUT2D eigenvalue weighted by atomic mass is 9.83. The van der Waals surface area contributed by atoms with Crippen LogP contribution in [0, 0.1) is 5.41 Å². The Labute approximate surface area is 144 Å². The molecular formula is C15H20F2N4O3S. The lowest BCUT2D eigenvalue weighted by molar-refractivity contribution is -0.126. The summed E-state index contributed by atoms with van der Waals surface area (Å²) in [6.45, 7) is 0. The fourth-order valence-corrected chi connectivity index (χ4v) is 4.24. The minimum absolute atomic E-state index is 0.202. The maximum Gasteiger partial charge on any atom is 0.315 e. The van der Waals surface area contributed by atoms with Gasteiger partial charge in [0.1, 0.15) is 0 Å². The Morgan fingerprint density at radius 3 is 2.76 bits per heavy atom. The summed E-state index contributed by atoms with van der Waals surface area (Å²) in [5, 5.41) is 9.39. The molecule has 2 rings (SSSR count). The van der Waals surface area contributed by atoms with Crippen LogP contribution in [0.4, 0.5) is 14.5 Å². The Morgan fingerprint density at radius 1 is 1.48 bits per heavy atom. The Balaban J connectivity index is 2.28. The third-order valence-electron chi connectivity index (χ3n) is 4.22. The van der Waals surface area contributed by atoms with E-state index in [1.54, 1.807) is 12.1 Å². The molecule has 1 unspecified atom stereocenters. The maximum absolute atomic E-state index is 12.4. The fourth-order valence-electron chi connectivity index (χ4n) is 2.86. The highest BCUT2D eigenvalue weighted by atomic mass is 32.2. The van der Waals surface area contributed by atoms with Gasteiger partial charge >= 0.3 is 6.43 Å². The summed E-state index contributed by atoms with van der Waals surface area (Å²) in [6.07, 6.45) is -0.988. The first-order valence-electron chi connectivity index (χ1n) is 7.64. The smallest absolute Gasteiger partial charge is 0.315 e. The van der Waals surface area contributed by atoms with Gasteiger partial charge in [0.2, 0.25) is 16.0 Å². The minimum Gasteiger partial charge on any atom is -0.369 e. The number of rotatable bonds is 5. The number of fused-ring (bicyclic) bond motifs is 1. The van der Waals surface area contributed by atoms with Crippen LogP contribution in [-0.2, 0) is 21.2 Å². The molecule has 0 aromatic heterocycles. The molecule has 0 saturated carbocycles. The minimum atomic E-state index is -3.77. The molecule has 138 valence electrons. The highest BCUT2D eigenvalue weighted by Crippen LogP contribution is 2.34. The summed E-state index contributed by atoms with van der Waals surface area (Å²) in [7, 11) is -2.57. The Morgan fingerprint density at radius 2 is 2.16 bits per heavy atom. The monoisotopic (exact) mass is 374 g/mol. The van der Waals surface area contributed by atoms with Gasteiger partial charge in [0.05, 0.1) is 5.75 Å². The largest absolute Gasteiger partial charge is 0.369 e. The Bertz CT molecular complexity index is 783. The molecule has 7 nitrogen and oxygen atoms in total. The van der Waals surface area contributed by atoms with Gasteiger partial charge in [-0.05, 0) is 48.4 Å². The molecule has 1 aliphatic carbocycles. The number of halogens is 2. The van der Waals surface area contributed by atoms with Crippen molar-refractivity contribution >= 4 is 27.6 Å². The summed E-state index contributed by atoms with van der Waals surface area (Å²) in [5.74, 6) is -2.59. The summed E-state index contributed by atoms with van der Waals surface area (Å²) in [4.78, 5) is 11.2. The number of nitrogens with two attached hydrogens (primary N) is 1. The number of hydrogen-bond donors (Lipinski definition) is 3. The lowest BCUT2D eigenvalue weighted by Crippen LogP contribution is -2.40. The zero-order chi connectivity index (χ0) is 18.8.